The number of nitrogens with one attached hydrogen (secondary N) is 1. The van der Waals surface area contributed by atoms with Crippen LogP contribution in [-0.4, -0.2) is 28.3 Å². The fourth-order valence-corrected chi connectivity index (χ4v) is 3.57. The lowest BCUT2D eigenvalue weighted by molar-refractivity contribution is -0.122. The van der Waals surface area contributed by atoms with Gasteiger partial charge in [-0.05, 0) is 38.0 Å². The third-order valence-corrected chi connectivity index (χ3v) is 5.72. The highest BCUT2D eigenvalue weighted by atomic mass is 31.2. The molecule has 0 aromatic carbocycles. The van der Waals surface area contributed by atoms with Gasteiger partial charge in [-0.2, -0.15) is 0 Å². The molecule has 178 valence electrons. The summed E-state index contributed by atoms with van der Waals surface area (Å²) >= 11 is 0. The molecule has 3 N–H and O–H groups in total. The Labute approximate surface area is 184 Å². The zero-order valence-electron chi connectivity index (χ0n) is 19.5. The van der Waals surface area contributed by atoms with E-state index in [1.807, 2.05) is 13.8 Å². The van der Waals surface area contributed by atoms with Crippen LogP contribution in [0.15, 0.2) is 12.2 Å². The number of amides is 1. The van der Waals surface area contributed by atoms with Gasteiger partial charge >= 0.3 is 7.82 Å². The Kier molecular flexibility index (Phi) is 18.6. The molecule has 0 aromatic rings. The smallest absolute Gasteiger partial charge is 0.351 e. The van der Waals surface area contributed by atoms with Crippen LogP contribution in [0.1, 0.15) is 111 Å². The normalized spacial score (nSPS) is 13.3. The number of hydrogen-bond donors (Lipinski definition) is 3. The van der Waals surface area contributed by atoms with Crippen LogP contribution >= 0.6 is 7.82 Å². The van der Waals surface area contributed by atoms with Crippen LogP contribution in [-0.2, 0) is 13.9 Å². The van der Waals surface area contributed by atoms with E-state index < -0.39 is 13.9 Å². The van der Waals surface area contributed by atoms with Crippen LogP contribution in [0.5, 0.6) is 0 Å². The van der Waals surface area contributed by atoms with Crippen molar-refractivity contribution in [3.63, 3.8) is 0 Å². The molecular formula is C23H46NO5P. The van der Waals surface area contributed by atoms with E-state index >= 15 is 0 Å². The minimum atomic E-state index is -4.51. The molecule has 0 aromatic heterocycles. The Morgan fingerprint density at radius 2 is 1.40 bits per heavy atom. The Balaban J connectivity index is 3.61. The summed E-state index contributed by atoms with van der Waals surface area (Å²) in [6, 6.07) is -0.395. The molecule has 30 heavy (non-hydrogen) atoms. The molecule has 0 bridgehead atoms. The first-order valence-electron chi connectivity index (χ1n) is 11.9. The van der Waals surface area contributed by atoms with E-state index in [1.165, 1.54) is 57.8 Å². The maximum atomic E-state index is 12.0. The highest BCUT2D eigenvalue weighted by Crippen LogP contribution is 2.36. The van der Waals surface area contributed by atoms with Crippen LogP contribution < -0.4 is 5.32 Å². The molecule has 1 atom stereocenters. The molecule has 7 heteroatoms. The van der Waals surface area contributed by atoms with Crippen molar-refractivity contribution in [3.05, 3.63) is 12.2 Å². The van der Waals surface area contributed by atoms with Crippen molar-refractivity contribution in [2.24, 2.45) is 5.92 Å². The van der Waals surface area contributed by atoms with Crippen molar-refractivity contribution in [2.45, 2.75) is 117 Å². The minimum Gasteiger partial charge on any atom is -0.351 e. The molecule has 0 spiro atoms. The zero-order chi connectivity index (χ0) is 22.7. The molecule has 0 aliphatic heterocycles. The third-order valence-electron chi connectivity index (χ3n) is 5.24. The number of rotatable bonds is 20. The quantitative estimate of drug-likeness (QED) is 0.116. The van der Waals surface area contributed by atoms with Gasteiger partial charge in [0.05, 0.1) is 12.6 Å². The molecule has 0 rings (SSSR count). The Morgan fingerprint density at radius 1 is 0.900 bits per heavy atom. The molecule has 0 radical (unpaired) electrons. The third kappa shape index (κ3) is 20.6. The van der Waals surface area contributed by atoms with E-state index in [0.717, 1.165) is 25.7 Å². The second kappa shape index (κ2) is 19.0. The number of phosphoric ester groups is 1. The average molecular weight is 448 g/mol. The van der Waals surface area contributed by atoms with Crippen molar-refractivity contribution >= 4 is 13.7 Å². The van der Waals surface area contributed by atoms with Crippen molar-refractivity contribution < 1.29 is 23.7 Å². The highest BCUT2D eigenvalue weighted by Gasteiger charge is 2.21. The Hall–Kier alpha value is -0.680. The van der Waals surface area contributed by atoms with Gasteiger partial charge in [0, 0.05) is 6.42 Å². The summed E-state index contributed by atoms with van der Waals surface area (Å²) in [5, 5.41) is 2.82. The number of unbranched alkanes of at least 4 members (excludes halogenated alkanes) is 11. The SMILES string of the molecule is CCCCCCCCC=CCCCCCCCC(=O)N[C@@H](COP(=O)(O)O)C(C)C. The van der Waals surface area contributed by atoms with Gasteiger partial charge in [0.1, 0.15) is 0 Å². The predicted molar refractivity (Wildman–Crippen MR) is 124 cm³/mol. The lowest BCUT2D eigenvalue weighted by Gasteiger charge is -2.22. The van der Waals surface area contributed by atoms with Crippen molar-refractivity contribution in [1.82, 2.24) is 5.32 Å². The summed E-state index contributed by atoms with van der Waals surface area (Å²) in [5.74, 6) is -0.0461. The summed E-state index contributed by atoms with van der Waals surface area (Å²) in [4.78, 5) is 29.7. The summed E-state index contributed by atoms with van der Waals surface area (Å²) in [6.07, 6.45) is 20.9. The fraction of sp³-hybridized carbons (Fsp3) is 0.870. The molecule has 0 fully saturated rings. The van der Waals surface area contributed by atoms with Gasteiger partial charge in [0.2, 0.25) is 5.91 Å². The molecule has 0 aliphatic rings. The number of carbonyl (C=O) groups is 1. The van der Waals surface area contributed by atoms with Crippen molar-refractivity contribution in [2.75, 3.05) is 6.61 Å². The fourth-order valence-electron chi connectivity index (χ4n) is 3.21. The maximum absolute atomic E-state index is 12.0. The number of hydrogen-bond acceptors (Lipinski definition) is 3. The largest absolute Gasteiger partial charge is 0.469 e. The monoisotopic (exact) mass is 447 g/mol. The van der Waals surface area contributed by atoms with Gasteiger partial charge < -0.3 is 15.1 Å². The topological polar surface area (TPSA) is 95.9 Å². The molecule has 0 aliphatic carbocycles. The van der Waals surface area contributed by atoms with E-state index in [1.54, 1.807) is 0 Å². The van der Waals surface area contributed by atoms with Crippen LogP contribution in [0, 0.1) is 5.92 Å². The van der Waals surface area contributed by atoms with E-state index in [2.05, 4.69) is 28.9 Å². The van der Waals surface area contributed by atoms with Crippen LogP contribution in [0.2, 0.25) is 0 Å². The van der Waals surface area contributed by atoms with Crippen LogP contribution in [0.3, 0.4) is 0 Å². The van der Waals surface area contributed by atoms with E-state index in [0.29, 0.717) is 6.42 Å². The first-order chi connectivity index (χ1) is 14.3. The molecule has 6 nitrogen and oxygen atoms in total. The van der Waals surface area contributed by atoms with Gasteiger partial charge in [0.25, 0.3) is 0 Å². The first kappa shape index (κ1) is 29.3. The lowest BCUT2D eigenvalue weighted by atomic mass is 10.0. The van der Waals surface area contributed by atoms with Crippen molar-refractivity contribution in [3.8, 4) is 0 Å². The summed E-state index contributed by atoms with van der Waals surface area (Å²) in [5.41, 5.74) is 0. The molecular weight excluding hydrogens is 401 g/mol. The minimum absolute atomic E-state index is 0.0367. The van der Waals surface area contributed by atoms with Gasteiger partial charge in [-0.15, -0.1) is 0 Å². The first-order valence-corrected chi connectivity index (χ1v) is 13.4. The summed E-state index contributed by atoms with van der Waals surface area (Å²) in [7, 11) is -4.51. The number of carbonyl (C=O) groups excluding carboxylic acids is 1. The van der Waals surface area contributed by atoms with Crippen molar-refractivity contribution in [1.29, 1.82) is 0 Å². The molecule has 0 saturated carbocycles. The van der Waals surface area contributed by atoms with Gasteiger partial charge in [-0.25, -0.2) is 4.57 Å². The highest BCUT2D eigenvalue weighted by molar-refractivity contribution is 7.46. The van der Waals surface area contributed by atoms with E-state index in [4.69, 9.17) is 9.79 Å². The van der Waals surface area contributed by atoms with E-state index in [-0.39, 0.29) is 18.4 Å². The summed E-state index contributed by atoms with van der Waals surface area (Å²) < 4.78 is 15.4. The predicted octanol–water partition coefficient (Wildman–Crippen LogP) is 6.27. The van der Waals surface area contributed by atoms with Gasteiger partial charge in [-0.3, -0.25) is 9.32 Å². The maximum Gasteiger partial charge on any atom is 0.469 e. The van der Waals surface area contributed by atoms with Crippen LogP contribution in [0.25, 0.3) is 0 Å². The second-order valence-corrected chi connectivity index (χ2v) is 9.78. The van der Waals surface area contributed by atoms with Gasteiger partial charge in [0.15, 0.2) is 0 Å². The second-order valence-electron chi connectivity index (χ2n) is 8.54. The van der Waals surface area contributed by atoms with Crippen LogP contribution in [0.4, 0.5) is 0 Å². The summed E-state index contributed by atoms with van der Waals surface area (Å²) in [6.45, 7) is 5.84. The number of phosphoric acid groups is 1. The average Bonchev–Trinajstić information content (AvgIpc) is 2.67. The Morgan fingerprint density at radius 3 is 1.90 bits per heavy atom. The molecule has 0 saturated heterocycles. The molecule has 0 heterocycles. The Bertz CT molecular complexity index is 490. The van der Waals surface area contributed by atoms with Gasteiger partial charge in [-0.1, -0.05) is 84.3 Å². The molecule has 0 unspecified atom stereocenters. The number of allylic oxidation sites excluding steroid dienone is 2. The standard InChI is InChI=1S/C23H46NO5P/c1-4-5-6-7-8-9-10-11-12-13-14-15-16-17-18-19-23(25)24-22(21(2)3)20-29-30(26,27)28/h11-12,21-22H,4-10,13-20H2,1-3H3,(H,24,25)(H2,26,27,28)/t22-/m0/s1. The zero-order valence-corrected chi connectivity index (χ0v) is 20.4. The lowest BCUT2D eigenvalue weighted by Crippen LogP contribution is -2.41. The van der Waals surface area contributed by atoms with E-state index in [9.17, 15) is 9.36 Å². The molecule has 1 amide bonds.